The third-order valence-electron chi connectivity index (χ3n) is 2.89. The van der Waals surface area contributed by atoms with E-state index in [4.69, 9.17) is 9.47 Å². The standard InChI is InChI=1S/C13H18N2O3/c1-9-6-11(13(17-2)14-8-9)15-12(16)7-10-4-3-5-18-10/h6,8,10H,3-5,7H2,1-2H3,(H,15,16)/t10-/m1/s1. The molecule has 0 radical (unpaired) electrons. The molecule has 98 valence electrons. The number of rotatable bonds is 4. The highest BCUT2D eigenvalue weighted by Gasteiger charge is 2.19. The molecule has 5 nitrogen and oxygen atoms in total. The molecule has 1 atom stereocenters. The quantitative estimate of drug-likeness (QED) is 0.886. The van der Waals surface area contributed by atoms with Crippen molar-refractivity contribution >= 4 is 11.6 Å². The minimum Gasteiger partial charge on any atom is -0.480 e. The molecule has 0 spiro atoms. The zero-order chi connectivity index (χ0) is 13.0. The van der Waals surface area contributed by atoms with Crippen LogP contribution in [0.1, 0.15) is 24.8 Å². The van der Waals surface area contributed by atoms with Crippen LogP contribution in [-0.2, 0) is 9.53 Å². The van der Waals surface area contributed by atoms with E-state index >= 15 is 0 Å². The van der Waals surface area contributed by atoms with Crippen molar-refractivity contribution in [1.29, 1.82) is 0 Å². The topological polar surface area (TPSA) is 60.5 Å². The van der Waals surface area contributed by atoms with E-state index in [-0.39, 0.29) is 12.0 Å². The second-order valence-corrected chi connectivity index (χ2v) is 4.46. The number of amides is 1. The fourth-order valence-electron chi connectivity index (χ4n) is 2.02. The largest absolute Gasteiger partial charge is 0.480 e. The highest BCUT2D eigenvalue weighted by atomic mass is 16.5. The van der Waals surface area contributed by atoms with Crippen molar-refractivity contribution < 1.29 is 14.3 Å². The predicted molar refractivity (Wildman–Crippen MR) is 67.7 cm³/mol. The van der Waals surface area contributed by atoms with Crippen LogP contribution in [-0.4, -0.2) is 30.7 Å². The molecule has 18 heavy (non-hydrogen) atoms. The SMILES string of the molecule is COc1ncc(C)cc1NC(=O)C[C@H]1CCCO1. The van der Waals surface area contributed by atoms with Crippen LogP contribution in [0.4, 0.5) is 5.69 Å². The molecule has 1 fully saturated rings. The molecule has 1 N–H and O–H groups in total. The summed E-state index contributed by atoms with van der Waals surface area (Å²) in [4.78, 5) is 16.0. The first kappa shape index (κ1) is 12.8. The van der Waals surface area contributed by atoms with Gasteiger partial charge < -0.3 is 14.8 Å². The fraction of sp³-hybridized carbons (Fsp3) is 0.538. The van der Waals surface area contributed by atoms with E-state index in [1.165, 1.54) is 7.11 Å². The number of methoxy groups -OCH3 is 1. The maximum absolute atomic E-state index is 11.9. The molecule has 1 saturated heterocycles. The molecule has 0 saturated carbocycles. The maximum atomic E-state index is 11.9. The summed E-state index contributed by atoms with van der Waals surface area (Å²) in [5, 5.41) is 2.82. The zero-order valence-electron chi connectivity index (χ0n) is 10.7. The number of ether oxygens (including phenoxy) is 2. The summed E-state index contributed by atoms with van der Waals surface area (Å²) in [5.74, 6) is 0.369. The predicted octanol–water partition coefficient (Wildman–Crippen LogP) is 1.91. The van der Waals surface area contributed by atoms with Gasteiger partial charge in [0.25, 0.3) is 0 Å². The number of carbonyl (C=O) groups is 1. The molecule has 2 heterocycles. The van der Waals surface area contributed by atoms with Gasteiger partial charge in [-0.1, -0.05) is 0 Å². The lowest BCUT2D eigenvalue weighted by molar-refractivity contribution is -0.118. The van der Waals surface area contributed by atoms with Crippen LogP contribution < -0.4 is 10.1 Å². The van der Waals surface area contributed by atoms with Gasteiger partial charge in [0.05, 0.1) is 19.6 Å². The van der Waals surface area contributed by atoms with Gasteiger partial charge in [0, 0.05) is 12.8 Å². The zero-order valence-corrected chi connectivity index (χ0v) is 10.7. The minimum atomic E-state index is -0.0624. The third-order valence-corrected chi connectivity index (χ3v) is 2.89. The van der Waals surface area contributed by atoms with E-state index in [2.05, 4.69) is 10.3 Å². The number of anilines is 1. The monoisotopic (exact) mass is 250 g/mol. The van der Waals surface area contributed by atoms with Gasteiger partial charge >= 0.3 is 0 Å². The highest BCUT2D eigenvalue weighted by molar-refractivity contribution is 5.92. The van der Waals surface area contributed by atoms with Crippen LogP contribution in [0.15, 0.2) is 12.3 Å². The number of nitrogens with zero attached hydrogens (tertiary/aromatic N) is 1. The van der Waals surface area contributed by atoms with Crippen LogP contribution in [0.2, 0.25) is 0 Å². The van der Waals surface area contributed by atoms with E-state index < -0.39 is 0 Å². The Morgan fingerprint density at radius 3 is 3.17 bits per heavy atom. The van der Waals surface area contributed by atoms with Crippen molar-refractivity contribution in [3.05, 3.63) is 17.8 Å². The van der Waals surface area contributed by atoms with Crippen LogP contribution in [0.25, 0.3) is 0 Å². The van der Waals surface area contributed by atoms with E-state index in [9.17, 15) is 4.79 Å². The number of hydrogen-bond acceptors (Lipinski definition) is 4. The van der Waals surface area contributed by atoms with E-state index in [0.29, 0.717) is 18.0 Å². The van der Waals surface area contributed by atoms with Crippen LogP contribution in [0.5, 0.6) is 5.88 Å². The van der Waals surface area contributed by atoms with Gasteiger partial charge in [-0.15, -0.1) is 0 Å². The molecule has 1 aliphatic heterocycles. The molecule has 1 aromatic heterocycles. The first-order valence-corrected chi connectivity index (χ1v) is 6.11. The van der Waals surface area contributed by atoms with Gasteiger partial charge in [-0.25, -0.2) is 4.98 Å². The lowest BCUT2D eigenvalue weighted by Gasteiger charge is -2.12. The summed E-state index contributed by atoms with van der Waals surface area (Å²) in [6.07, 6.45) is 4.13. The molecular weight excluding hydrogens is 232 g/mol. The van der Waals surface area contributed by atoms with Crippen LogP contribution in [0, 0.1) is 6.92 Å². The van der Waals surface area contributed by atoms with Gasteiger partial charge in [-0.3, -0.25) is 4.79 Å². The lowest BCUT2D eigenvalue weighted by atomic mass is 10.2. The first-order valence-electron chi connectivity index (χ1n) is 6.11. The Morgan fingerprint density at radius 2 is 2.50 bits per heavy atom. The molecule has 0 bridgehead atoms. The van der Waals surface area contributed by atoms with Crippen LogP contribution >= 0.6 is 0 Å². The molecule has 0 aliphatic carbocycles. The molecule has 1 aliphatic rings. The number of aryl methyl sites for hydroxylation is 1. The Labute approximate surface area is 107 Å². The number of carbonyl (C=O) groups excluding carboxylic acids is 1. The minimum absolute atomic E-state index is 0.0498. The molecule has 0 aromatic carbocycles. The van der Waals surface area contributed by atoms with Gasteiger partial charge in [0.2, 0.25) is 11.8 Å². The number of nitrogens with one attached hydrogen (secondary N) is 1. The number of aromatic nitrogens is 1. The second kappa shape index (κ2) is 5.82. The summed E-state index contributed by atoms with van der Waals surface area (Å²) in [6.45, 7) is 2.68. The van der Waals surface area contributed by atoms with E-state index in [1.54, 1.807) is 6.20 Å². The van der Waals surface area contributed by atoms with E-state index in [1.807, 2.05) is 13.0 Å². The average Bonchev–Trinajstić information content (AvgIpc) is 2.82. The smallest absolute Gasteiger partial charge is 0.237 e. The van der Waals surface area contributed by atoms with E-state index in [0.717, 1.165) is 25.0 Å². The number of hydrogen-bond donors (Lipinski definition) is 1. The van der Waals surface area contributed by atoms with Crippen molar-refractivity contribution in [2.45, 2.75) is 32.3 Å². The summed E-state index contributed by atoms with van der Waals surface area (Å²) in [5.41, 5.74) is 1.59. The molecule has 1 aromatic rings. The summed E-state index contributed by atoms with van der Waals surface area (Å²) in [7, 11) is 1.54. The van der Waals surface area contributed by atoms with Crippen molar-refractivity contribution in [3.8, 4) is 5.88 Å². The van der Waals surface area contributed by atoms with Gasteiger partial charge in [0.1, 0.15) is 5.69 Å². The van der Waals surface area contributed by atoms with Crippen molar-refractivity contribution in [3.63, 3.8) is 0 Å². The Balaban J connectivity index is 1.99. The summed E-state index contributed by atoms with van der Waals surface area (Å²) < 4.78 is 10.5. The van der Waals surface area contributed by atoms with Gasteiger partial charge in [-0.2, -0.15) is 0 Å². The summed E-state index contributed by atoms with van der Waals surface area (Å²) >= 11 is 0. The molecular formula is C13H18N2O3. The average molecular weight is 250 g/mol. The van der Waals surface area contributed by atoms with Crippen LogP contribution in [0.3, 0.4) is 0 Å². The molecule has 2 rings (SSSR count). The molecule has 1 amide bonds. The van der Waals surface area contributed by atoms with Gasteiger partial charge in [-0.05, 0) is 31.4 Å². The molecule has 0 unspecified atom stereocenters. The Kier molecular flexibility index (Phi) is 4.15. The van der Waals surface area contributed by atoms with Gasteiger partial charge in [0.15, 0.2) is 0 Å². The Bertz CT molecular complexity index is 428. The first-order chi connectivity index (χ1) is 8.69. The van der Waals surface area contributed by atoms with Crippen molar-refractivity contribution in [1.82, 2.24) is 4.98 Å². The Hall–Kier alpha value is -1.62. The second-order valence-electron chi connectivity index (χ2n) is 4.46. The van der Waals surface area contributed by atoms with Crippen molar-refractivity contribution in [2.75, 3.05) is 19.0 Å². The number of pyridine rings is 1. The normalized spacial score (nSPS) is 18.7. The van der Waals surface area contributed by atoms with Crippen molar-refractivity contribution in [2.24, 2.45) is 0 Å². The molecule has 5 heteroatoms. The highest BCUT2D eigenvalue weighted by Crippen LogP contribution is 2.23. The summed E-state index contributed by atoms with van der Waals surface area (Å²) in [6, 6.07) is 1.85. The Morgan fingerprint density at radius 1 is 1.67 bits per heavy atom. The maximum Gasteiger partial charge on any atom is 0.237 e. The fourth-order valence-corrected chi connectivity index (χ4v) is 2.02. The lowest BCUT2D eigenvalue weighted by Crippen LogP contribution is -2.19. The third kappa shape index (κ3) is 3.20.